The van der Waals surface area contributed by atoms with Crippen LogP contribution in [0.1, 0.15) is 19.4 Å². The number of sulfone groups is 1. The fourth-order valence-corrected chi connectivity index (χ4v) is 2.93. The van der Waals surface area contributed by atoms with Gasteiger partial charge < -0.3 is 9.30 Å². The summed E-state index contributed by atoms with van der Waals surface area (Å²) in [4.78, 5) is 12.1. The number of carbonyl (C=O) groups excluding carboxylic acids is 1. The quantitative estimate of drug-likeness (QED) is 0.811. The molecule has 0 amide bonds. The number of hydrogen-bond acceptors (Lipinski definition) is 4. The highest BCUT2D eigenvalue weighted by atomic mass is 32.2. The molecular weight excluding hydrogens is 290 g/mol. The number of aromatic nitrogens is 1. The smallest absolute Gasteiger partial charge is 0.310 e. The number of hydrogen-bond donors (Lipinski definition) is 0. The summed E-state index contributed by atoms with van der Waals surface area (Å²) < 4.78 is 30.3. The maximum atomic E-state index is 11.8. The van der Waals surface area contributed by atoms with Crippen molar-refractivity contribution >= 4 is 26.7 Å². The Kier molecular flexibility index (Phi) is 4.09. The van der Waals surface area contributed by atoms with Crippen molar-refractivity contribution in [2.45, 2.75) is 31.3 Å². The summed E-state index contributed by atoms with van der Waals surface area (Å²) in [6.07, 6.45) is 2.96. The van der Waals surface area contributed by atoms with Crippen LogP contribution in [0, 0.1) is 0 Å². The lowest BCUT2D eigenvalue weighted by Crippen LogP contribution is -2.13. The molecule has 0 aliphatic carbocycles. The molecule has 5 nitrogen and oxygen atoms in total. The van der Waals surface area contributed by atoms with E-state index in [4.69, 9.17) is 4.74 Å². The Balaban J connectivity index is 2.46. The molecule has 0 aliphatic heterocycles. The van der Waals surface area contributed by atoms with Gasteiger partial charge in [-0.3, -0.25) is 4.79 Å². The van der Waals surface area contributed by atoms with Crippen molar-refractivity contribution in [3.05, 3.63) is 30.0 Å². The molecule has 1 aromatic carbocycles. The van der Waals surface area contributed by atoms with Crippen LogP contribution in [0.25, 0.3) is 10.9 Å². The molecule has 0 spiro atoms. The van der Waals surface area contributed by atoms with Gasteiger partial charge in [0.2, 0.25) is 0 Å². The van der Waals surface area contributed by atoms with Crippen molar-refractivity contribution in [3.8, 4) is 0 Å². The summed E-state index contributed by atoms with van der Waals surface area (Å²) in [5.74, 6) is -0.317. The second kappa shape index (κ2) is 5.52. The van der Waals surface area contributed by atoms with Crippen molar-refractivity contribution < 1.29 is 17.9 Å². The molecule has 2 rings (SSSR count). The molecule has 21 heavy (non-hydrogen) atoms. The number of fused-ring (bicyclic) bond motifs is 1. The molecule has 1 aromatic heterocycles. The third-order valence-electron chi connectivity index (χ3n) is 3.17. The van der Waals surface area contributed by atoms with Crippen LogP contribution < -0.4 is 0 Å². The predicted molar refractivity (Wildman–Crippen MR) is 81.0 cm³/mol. The maximum Gasteiger partial charge on any atom is 0.310 e. The number of rotatable bonds is 4. The summed E-state index contributed by atoms with van der Waals surface area (Å²) >= 11 is 0. The number of aryl methyl sites for hydroxylation is 1. The van der Waals surface area contributed by atoms with Gasteiger partial charge >= 0.3 is 5.97 Å². The van der Waals surface area contributed by atoms with E-state index in [9.17, 15) is 13.2 Å². The summed E-state index contributed by atoms with van der Waals surface area (Å²) in [7, 11) is -1.41. The molecule has 114 valence electrons. The third kappa shape index (κ3) is 3.44. The average molecular weight is 309 g/mol. The molecule has 2 aromatic rings. The van der Waals surface area contributed by atoms with Gasteiger partial charge in [-0.25, -0.2) is 8.42 Å². The Bertz CT molecular complexity index is 787. The van der Waals surface area contributed by atoms with Gasteiger partial charge in [-0.15, -0.1) is 0 Å². The Labute approximate surface area is 124 Å². The number of carbonyl (C=O) groups is 1. The lowest BCUT2D eigenvalue weighted by molar-refractivity contribution is -0.146. The molecule has 0 fully saturated rings. The Hall–Kier alpha value is -1.82. The van der Waals surface area contributed by atoms with Crippen LogP contribution in [0.15, 0.2) is 29.3 Å². The van der Waals surface area contributed by atoms with Gasteiger partial charge in [-0.2, -0.15) is 0 Å². The topological polar surface area (TPSA) is 65.4 Å². The molecular formula is C15H19NO4S. The summed E-state index contributed by atoms with van der Waals surface area (Å²) in [6, 6.07) is 4.94. The first kappa shape index (κ1) is 15.6. The van der Waals surface area contributed by atoms with Gasteiger partial charge in [0.05, 0.1) is 17.4 Å². The molecule has 0 saturated carbocycles. The molecule has 1 heterocycles. The first-order chi connectivity index (χ1) is 9.68. The lowest BCUT2D eigenvalue weighted by atomic mass is 10.1. The predicted octanol–water partition coefficient (Wildman–Crippen LogP) is 2.08. The van der Waals surface area contributed by atoms with Gasteiger partial charge in [-0.1, -0.05) is 0 Å². The van der Waals surface area contributed by atoms with Crippen molar-refractivity contribution in [1.82, 2.24) is 4.57 Å². The normalized spacial score (nSPS) is 12.0. The first-order valence-corrected chi connectivity index (χ1v) is 8.55. The summed E-state index contributed by atoms with van der Waals surface area (Å²) in [6.45, 7) is 3.59. The van der Waals surface area contributed by atoms with E-state index in [1.54, 1.807) is 32.0 Å². The highest BCUT2D eigenvalue weighted by Gasteiger charge is 2.15. The van der Waals surface area contributed by atoms with Crippen LogP contribution in [0.5, 0.6) is 0 Å². The van der Waals surface area contributed by atoms with Crippen LogP contribution in [0.2, 0.25) is 0 Å². The molecule has 0 atom stereocenters. The van der Waals surface area contributed by atoms with Crippen LogP contribution in [0.4, 0.5) is 0 Å². The van der Waals surface area contributed by atoms with E-state index in [2.05, 4.69) is 0 Å². The molecule has 0 unspecified atom stereocenters. The van der Waals surface area contributed by atoms with E-state index >= 15 is 0 Å². The monoisotopic (exact) mass is 309 g/mol. The molecule has 0 bridgehead atoms. The second-order valence-electron chi connectivity index (χ2n) is 5.43. The SMILES string of the molecule is CC(C)OC(=O)Cc1cn(C)c2ccc(S(C)(=O)=O)cc12. The minimum absolute atomic E-state index is 0.128. The lowest BCUT2D eigenvalue weighted by Gasteiger charge is -2.07. The molecule has 0 N–H and O–H groups in total. The van der Waals surface area contributed by atoms with E-state index in [1.807, 2.05) is 17.8 Å². The highest BCUT2D eigenvalue weighted by Crippen LogP contribution is 2.25. The number of nitrogens with zero attached hydrogens (tertiary/aromatic N) is 1. The van der Waals surface area contributed by atoms with Gasteiger partial charge in [0.25, 0.3) is 0 Å². The molecule has 0 saturated heterocycles. The Morgan fingerprint density at radius 3 is 2.57 bits per heavy atom. The summed E-state index contributed by atoms with van der Waals surface area (Å²) in [5.41, 5.74) is 1.65. The zero-order valence-electron chi connectivity index (χ0n) is 12.6. The summed E-state index contributed by atoms with van der Waals surface area (Å²) in [5, 5.41) is 0.765. The average Bonchev–Trinajstić information content (AvgIpc) is 2.64. The van der Waals surface area contributed by atoms with Gasteiger partial charge in [-0.05, 0) is 37.6 Å². The van der Waals surface area contributed by atoms with Crippen molar-refractivity contribution in [2.75, 3.05) is 6.26 Å². The van der Waals surface area contributed by atoms with E-state index in [-0.39, 0.29) is 23.4 Å². The molecule has 0 aliphatic rings. The van der Waals surface area contributed by atoms with Crippen molar-refractivity contribution in [1.29, 1.82) is 0 Å². The van der Waals surface area contributed by atoms with E-state index in [0.717, 1.165) is 16.5 Å². The number of benzene rings is 1. The fraction of sp³-hybridized carbons (Fsp3) is 0.400. The first-order valence-electron chi connectivity index (χ1n) is 6.66. The second-order valence-corrected chi connectivity index (χ2v) is 7.45. The third-order valence-corrected chi connectivity index (χ3v) is 4.28. The number of ether oxygens (including phenoxy) is 1. The van der Waals surface area contributed by atoms with Crippen LogP contribution in [-0.4, -0.2) is 31.3 Å². The van der Waals surface area contributed by atoms with Crippen molar-refractivity contribution in [2.24, 2.45) is 7.05 Å². The highest BCUT2D eigenvalue weighted by molar-refractivity contribution is 7.90. The van der Waals surface area contributed by atoms with Gasteiger partial charge in [0.1, 0.15) is 0 Å². The fourth-order valence-electron chi connectivity index (χ4n) is 2.28. The number of esters is 1. The van der Waals surface area contributed by atoms with E-state index in [0.29, 0.717) is 0 Å². The molecule has 0 radical (unpaired) electrons. The zero-order chi connectivity index (χ0) is 15.8. The van der Waals surface area contributed by atoms with E-state index in [1.165, 1.54) is 6.26 Å². The van der Waals surface area contributed by atoms with Gasteiger partial charge in [0, 0.05) is 30.4 Å². The Morgan fingerprint density at radius 1 is 1.33 bits per heavy atom. The zero-order valence-corrected chi connectivity index (χ0v) is 13.4. The standard InChI is InChI=1S/C15H19NO4S/c1-10(2)20-15(17)7-11-9-16(3)14-6-5-12(8-13(11)14)21(4,18)19/h5-6,8-10H,7H2,1-4H3. The molecule has 6 heteroatoms. The van der Waals surface area contributed by atoms with Crippen molar-refractivity contribution in [3.63, 3.8) is 0 Å². The largest absolute Gasteiger partial charge is 0.463 e. The maximum absolute atomic E-state index is 11.8. The van der Waals surface area contributed by atoms with Crippen LogP contribution in [0.3, 0.4) is 0 Å². The minimum Gasteiger partial charge on any atom is -0.463 e. The minimum atomic E-state index is -3.27. The van der Waals surface area contributed by atoms with Gasteiger partial charge in [0.15, 0.2) is 9.84 Å². The Morgan fingerprint density at radius 2 is 2.00 bits per heavy atom. The van der Waals surface area contributed by atoms with Crippen LogP contribution >= 0.6 is 0 Å². The van der Waals surface area contributed by atoms with E-state index < -0.39 is 9.84 Å². The van der Waals surface area contributed by atoms with Crippen LogP contribution in [-0.2, 0) is 32.8 Å².